The summed E-state index contributed by atoms with van der Waals surface area (Å²) in [6, 6.07) is 6.20. The summed E-state index contributed by atoms with van der Waals surface area (Å²) < 4.78 is 70.1. The number of hydrogen-bond donors (Lipinski definition) is 1. The van der Waals surface area contributed by atoms with Crippen LogP contribution in [0.15, 0.2) is 28.4 Å². The first-order valence-corrected chi connectivity index (χ1v) is 8.19. The number of halogens is 6. The Labute approximate surface area is 158 Å². The van der Waals surface area contributed by atoms with Crippen LogP contribution in [0.4, 0.5) is 26.3 Å². The van der Waals surface area contributed by atoms with Gasteiger partial charge in [-0.15, -0.1) is 10.2 Å². The molecule has 0 spiro atoms. The summed E-state index contributed by atoms with van der Waals surface area (Å²) in [5.74, 6) is -2.76. The van der Waals surface area contributed by atoms with E-state index in [1.165, 1.54) is 5.56 Å². The van der Waals surface area contributed by atoms with Gasteiger partial charge in [0.05, 0.1) is 0 Å². The SMILES string of the molecule is Cc1ccc(C(C)N(C)CCC2(C(F)(F)F)N=N2)c(C)c1.O=C(O)C(F)(F)F. The average Bonchev–Trinajstić information content (AvgIpc) is 3.32. The molecule has 1 unspecified atom stereocenters. The lowest BCUT2D eigenvalue weighted by Gasteiger charge is -2.27. The number of benzene rings is 1. The van der Waals surface area contributed by atoms with Crippen molar-refractivity contribution in [2.75, 3.05) is 13.6 Å². The fraction of sp³-hybridized carbons (Fsp3) is 0.588. The maximum absolute atomic E-state index is 12.8. The Morgan fingerprint density at radius 2 is 1.68 bits per heavy atom. The highest BCUT2D eigenvalue weighted by Gasteiger charge is 2.63. The van der Waals surface area contributed by atoms with Crippen molar-refractivity contribution in [3.63, 3.8) is 0 Å². The van der Waals surface area contributed by atoms with Crippen molar-refractivity contribution in [1.29, 1.82) is 0 Å². The Bertz CT molecular complexity index is 725. The van der Waals surface area contributed by atoms with Crippen molar-refractivity contribution in [3.05, 3.63) is 34.9 Å². The van der Waals surface area contributed by atoms with E-state index in [0.717, 1.165) is 11.1 Å². The Kier molecular flexibility index (Phi) is 7.21. The van der Waals surface area contributed by atoms with Gasteiger partial charge < -0.3 is 5.11 Å². The lowest BCUT2D eigenvalue weighted by Crippen LogP contribution is -2.37. The van der Waals surface area contributed by atoms with Crippen LogP contribution in [-0.2, 0) is 4.79 Å². The molecule has 0 saturated heterocycles. The van der Waals surface area contributed by atoms with E-state index in [-0.39, 0.29) is 12.5 Å². The van der Waals surface area contributed by atoms with Crippen molar-refractivity contribution in [3.8, 4) is 0 Å². The van der Waals surface area contributed by atoms with Gasteiger partial charge >= 0.3 is 18.3 Å². The molecule has 1 N–H and O–H groups in total. The van der Waals surface area contributed by atoms with Crippen molar-refractivity contribution in [2.45, 2.75) is 51.2 Å². The summed E-state index contributed by atoms with van der Waals surface area (Å²) in [5, 5.41) is 13.5. The molecule has 1 aromatic carbocycles. The molecule has 1 aromatic rings. The van der Waals surface area contributed by atoms with Gasteiger partial charge in [0.15, 0.2) is 0 Å². The van der Waals surface area contributed by atoms with Gasteiger partial charge in [-0.1, -0.05) is 23.8 Å². The number of carboxylic acids is 1. The third kappa shape index (κ3) is 6.18. The Morgan fingerprint density at radius 1 is 1.18 bits per heavy atom. The minimum Gasteiger partial charge on any atom is -0.475 e. The van der Waals surface area contributed by atoms with Gasteiger partial charge in [-0.05, 0) is 38.9 Å². The van der Waals surface area contributed by atoms with E-state index in [2.05, 4.69) is 16.3 Å². The lowest BCUT2D eigenvalue weighted by molar-refractivity contribution is -0.192. The monoisotopic (exact) mass is 413 g/mol. The number of nitrogens with zero attached hydrogens (tertiary/aromatic N) is 3. The molecule has 0 aromatic heterocycles. The number of carboxylic acid groups (broad SMARTS) is 1. The fourth-order valence-electron chi connectivity index (χ4n) is 2.47. The van der Waals surface area contributed by atoms with E-state index < -0.39 is 24.0 Å². The van der Waals surface area contributed by atoms with Crippen LogP contribution in [0.1, 0.15) is 36.1 Å². The third-order valence-corrected chi connectivity index (χ3v) is 4.39. The maximum atomic E-state index is 12.8. The number of carbonyl (C=O) groups is 1. The molecule has 0 saturated carbocycles. The smallest absolute Gasteiger partial charge is 0.475 e. The highest BCUT2D eigenvalue weighted by atomic mass is 19.4. The summed E-state index contributed by atoms with van der Waals surface area (Å²) in [7, 11) is 1.83. The van der Waals surface area contributed by atoms with Crippen LogP contribution in [0.2, 0.25) is 0 Å². The van der Waals surface area contributed by atoms with E-state index >= 15 is 0 Å². The lowest BCUT2D eigenvalue weighted by atomic mass is 9.99. The van der Waals surface area contributed by atoms with Crippen LogP contribution < -0.4 is 0 Å². The molecule has 1 aliphatic heterocycles. The zero-order valence-corrected chi connectivity index (χ0v) is 15.7. The summed E-state index contributed by atoms with van der Waals surface area (Å²) in [5.41, 5.74) is 1.32. The predicted octanol–water partition coefficient (Wildman–Crippen LogP) is 5.04. The molecule has 2 rings (SSSR count). The largest absolute Gasteiger partial charge is 0.490 e. The zero-order chi connectivity index (χ0) is 21.9. The highest BCUT2D eigenvalue weighted by molar-refractivity contribution is 5.73. The fourth-order valence-corrected chi connectivity index (χ4v) is 2.47. The van der Waals surface area contributed by atoms with Crippen molar-refractivity contribution >= 4 is 5.97 Å². The quantitative estimate of drug-likeness (QED) is 0.688. The topological polar surface area (TPSA) is 65.3 Å². The van der Waals surface area contributed by atoms with Crippen LogP contribution in [0.3, 0.4) is 0 Å². The van der Waals surface area contributed by atoms with Crippen LogP contribution >= 0.6 is 0 Å². The van der Waals surface area contributed by atoms with Gasteiger partial charge in [0.2, 0.25) is 0 Å². The second kappa shape index (κ2) is 8.46. The molecular formula is C17H21F6N3O2. The van der Waals surface area contributed by atoms with Gasteiger partial charge in [0.25, 0.3) is 5.66 Å². The molecule has 0 aliphatic carbocycles. The number of hydrogen-bond acceptors (Lipinski definition) is 4. The molecule has 1 aliphatic rings. The predicted molar refractivity (Wildman–Crippen MR) is 88.9 cm³/mol. The first-order valence-electron chi connectivity index (χ1n) is 8.19. The van der Waals surface area contributed by atoms with Crippen molar-refractivity contribution in [2.24, 2.45) is 10.2 Å². The first-order chi connectivity index (χ1) is 12.6. The second-order valence-corrected chi connectivity index (χ2v) is 6.58. The van der Waals surface area contributed by atoms with Crippen molar-refractivity contribution in [1.82, 2.24) is 4.90 Å². The maximum Gasteiger partial charge on any atom is 0.490 e. The highest BCUT2D eigenvalue weighted by Crippen LogP contribution is 2.47. The van der Waals surface area contributed by atoms with Crippen LogP contribution in [0.25, 0.3) is 0 Å². The molecule has 1 heterocycles. The zero-order valence-electron chi connectivity index (χ0n) is 15.7. The first kappa shape index (κ1) is 23.9. The molecule has 5 nitrogen and oxygen atoms in total. The summed E-state index contributed by atoms with van der Waals surface area (Å²) >= 11 is 0. The van der Waals surface area contributed by atoms with Crippen LogP contribution in [-0.4, -0.2) is 47.6 Å². The molecule has 1 atom stereocenters. The molecular weight excluding hydrogens is 392 g/mol. The summed E-state index contributed by atoms with van der Waals surface area (Å²) in [6.45, 7) is 6.34. The molecule has 0 radical (unpaired) electrons. The molecule has 28 heavy (non-hydrogen) atoms. The Morgan fingerprint density at radius 3 is 2.04 bits per heavy atom. The molecule has 11 heteroatoms. The average molecular weight is 413 g/mol. The van der Waals surface area contributed by atoms with Crippen LogP contribution in [0, 0.1) is 13.8 Å². The number of aryl methyl sites for hydroxylation is 2. The standard InChI is InChI=1S/C15H20F3N3.C2HF3O2/c1-10-5-6-13(11(2)9-10)12(3)21(4)8-7-14(19-20-14)15(16,17)18;3-2(4,5)1(6)7/h5-6,9,12H,7-8H2,1-4H3;(H,6,7). The van der Waals surface area contributed by atoms with Crippen LogP contribution in [0.5, 0.6) is 0 Å². The minimum absolute atomic E-state index is 0.0506. The molecule has 0 amide bonds. The Balaban J connectivity index is 0.000000480. The molecule has 0 bridgehead atoms. The van der Waals surface area contributed by atoms with Gasteiger partial charge in [0, 0.05) is 19.0 Å². The summed E-state index contributed by atoms with van der Waals surface area (Å²) in [6.07, 6.45) is -9.58. The number of aliphatic carboxylic acids is 1. The van der Waals surface area contributed by atoms with E-state index in [0.29, 0.717) is 6.54 Å². The number of alkyl halides is 6. The third-order valence-electron chi connectivity index (χ3n) is 4.39. The van der Waals surface area contributed by atoms with Gasteiger partial charge in [-0.3, -0.25) is 4.90 Å². The molecule has 158 valence electrons. The molecule has 0 fully saturated rings. The van der Waals surface area contributed by atoms with E-state index in [9.17, 15) is 26.3 Å². The van der Waals surface area contributed by atoms with Gasteiger partial charge in [0.1, 0.15) is 0 Å². The van der Waals surface area contributed by atoms with E-state index in [1.54, 1.807) is 0 Å². The summed E-state index contributed by atoms with van der Waals surface area (Å²) in [4.78, 5) is 10.8. The van der Waals surface area contributed by atoms with Crippen molar-refractivity contribution < 1.29 is 36.2 Å². The second-order valence-electron chi connectivity index (χ2n) is 6.58. The van der Waals surface area contributed by atoms with Gasteiger partial charge in [-0.25, -0.2) is 4.79 Å². The number of rotatable bonds is 5. The van der Waals surface area contributed by atoms with E-state index in [4.69, 9.17) is 9.90 Å². The minimum atomic E-state index is -5.08. The van der Waals surface area contributed by atoms with Gasteiger partial charge in [-0.2, -0.15) is 26.3 Å². The van der Waals surface area contributed by atoms with E-state index in [1.807, 2.05) is 44.9 Å². The normalized spacial score (nSPS) is 16.4. The Hall–Kier alpha value is -2.17.